The minimum Gasteiger partial charge on any atom is -0.329 e. The molecule has 0 aliphatic rings. The SMILES string of the molecule is CN(Cc1cccc(Cl)c1)C(CN)C(C)(C)C. The van der Waals surface area contributed by atoms with Crippen LogP contribution < -0.4 is 5.73 Å². The summed E-state index contributed by atoms with van der Waals surface area (Å²) in [7, 11) is 2.11. The number of nitrogens with two attached hydrogens (primary N) is 1. The van der Waals surface area contributed by atoms with Crippen LogP contribution in [0.4, 0.5) is 0 Å². The van der Waals surface area contributed by atoms with Gasteiger partial charge in [-0.25, -0.2) is 0 Å². The molecule has 1 unspecified atom stereocenters. The molecule has 1 aromatic carbocycles. The highest BCUT2D eigenvalue weighted by Gasteiger charge is 2.26. The van der Waals surface area contributed by atoms with Crippen LogP contribution in [0.3, 0.4) is 0 Å². The molecule has 3 heteroatoms. The van der Waals surface area contributed by atoms with Gasteiger partial charge < -0.3 is 5.73 Å². The summed E-state index contributed by atoms with van der Waals surface area (Å²) >= 11 is 5.99. The van der Waals surface area contributed by atoms with Crippen molar-refractivity contribution >= 4 is 11.6 Å². The zero-order valence-corrected chi connectivity index (χ0v) is 12.0. The number of hydrogen-bond donors (Lipinski definition) is 1. The van der Waals surface area contributed by atoms with Crippen LogP contribution in [0.25, 0.3) is 0 Å². The van der Waals surface area contributed by atoms with E-state index in [1.807, 2.05) is 18.2 Å². The second kappa shape index (κ2) is 5.85. The normalized spacial score (nSPS) is 14.1. The van der Waals surface area contributed by atoms with Crippen molar-refractivity contribution in [2.45, 2.75) is 33.4 Å². The molecule has 0 radical (unpaired) electrons. The van der Waals surface area contributed by atoms with Crippen LogP contribution in [-0.2, 0) is 6.54 Å². The fraction of sp³-hybridized carbons (Fsp3) is 0.571. The fourth-order valence-corrected chi connectivity index (χ4v) is 2.44. The van der Waals surface area contributed by atoms with E-state index in [1.54, 1.807) is 0 Å². The second-order valence-corrected chi connectivity index (χ2v) is 6.10. The third-order valence-corrected chi connectivity index (χ3v) is 3.31. The Morgan fingerprint density at radius 3 is 2.47 bits per heavy atom. The zero-order chi connectivity index (χ0) is 13.1. The van der Waals surface area contributed by atoms with Crippen molar-refractivity contribution in [2.24, 2.45) is 11.1 Å². The Balaban J connectivity index is 2.74. The minimum absolute atomic E-state index is 0.183. The Kier molecular flexibility index (Phi) is 4.99. The van der Waals surface area contributed by atoms with E-state index in [9.17, 15) is 0 Å². The number of nitrogens with zero attached hydrogens (tertiary/aromatic N) is 1. The van der Waals surface area contributed by atoms with E-state index >= 15 is 0 Å². The molecular weight excluding hydrogens is 232 g/mol. The topological polar surface area (TPSA) is 29.3 Å². The lowest BCUT2D eigenvalue weighted by atomic mass is 9.85. The molecule has 0 spiro atoms. The van der Waals surface area contributed by atoms with Crippen LogP contribution in [0.5, 0.6) is 0 Å². The smallest absolute Gasteiger partial charge is 0.0409 e. The predicted octanol–water partition coefficient (Wildman–Crippen LogP) is 3.15. The van der Waals surface area contributed by atoms with E-state index in [2.05, 4.69) is 38.8 Å². The van der Waals surface area contributed by atoms with Crippen LogP contribution in [0, 0.1) is 5.41 Å². The van der Waals surface area contributed by atoms with Crippen molar-refractivity contribution in [3.05, 3.63) is 34.9 Å². The monoisotopic (exact) mass is 254 g/mol. The van der Waals surface area contributed by atoms with Gasteiger partial charge in [0, 0.05) is 24.2 Å². The molecule has 17 heavy (non-hydrogen) atoms. The molecule has 1 aromatic rings. The van der Waals surface area contributed by atoms with Gasteiger partial charge in [-0.05, 0) is 30.2 Å². The van der Waals surface area contributed by atoms with Gasteiger partial charge in [0.2, 0.25) is 0 Å². The lowest BCUT2D eigenvalue weighted by molar-refractivity contribution is 0.125. The molecule has 0 saturated carbocycles. The molecule has 2 N–H and O–H groups in total. The average molecular weight is 255 g/mol. The van der Waals surface area contributed by atoms with E-state index in [-0.39, 0.29) is 5.41 Å². The van der Waals surface area contributed by atoms with Crippen molar-refractivity contribution in [1.82, 2.24) is 4.90 Å². The van der Waals surface area contributed by atoms with Crippen molar-refractivity contribution in [1.29, 1.82) is 0 Å². The first-order valence-electron chi connectivity index (χ1n) is 5.99. The maximum Gasteiger partial charge on any atom is 0.0409 e. The summed E-state index contributed by atoms with van der Waals surface area (Å²) in [6.45, 7) is 8.21. The van der Waals surface area contributed by atoms with Crippen LogP contribution in [0.1, 0.15) is 26.3 Å². The number of halogens is 1. The first-order valence-corrected chi connectivity index (χ1v) is 6.37. The van der Waals surface area contributed by atoms with Gasteiger partial charge in [0.15, 0.2) is 0 Å². The maximum absolute atomic E-state index is 5.99. The highest BCUT2D eigenvalue weighted by Crippen LogP contribution is 2.24. The molecule has 0 fully saturated rings. The molecule has 0 bridgehead atoms. The van der Waals surface area contributed by atoms with Crippen LogP contribution >= 0.6 is 11.6 Å². The van der Waals surface area contributed by atoms with Crippen molar-refractivity contribution in [3.63, 3.8) is 0 Å². The number of hydrogen-bond acceptors (Lipinski definition) is 2. The summed E-state index contributed by atoms with van der Waals surface area (Å²) in [6.07, 6.45) is 0. The molecule has 0 saturated heterocycles. The maximum atomic E-state index is 5.99. The highest BCUT2D eigenvalue weighted by molar-refractivity contribution is 6.30. The van der Waals surface area contributed by atoms with Gasteiger partial charge >= 0.3 is 0 Å². The third-order valence-electron chi connectivity index (χ3n) is 3.08. The number of rotatable bonds is 4. The Morgan fingerprint density at radius 1 is 1.35 bits per heavy atom. The van der Waals surface area contributed by atoms with Crippen LogP contribution in [-0.4, -0.2) is 24.5 Å². The molecule has 0 aliphatic carbocycles. The Labute approximate surface area is 110 Å². The Morgan fingerprint density at radius 2 is 2.00 bits per heavy atom. The third kappa shape index (κ3) is 4.30. The highest BCUT2D eigenvalue weighted by atomic mass is 35.5. The summed E-state index contributed by atoms with van der Waals surface area (Å²) in [5, 5.41) is 0.788. The molecular formula is C14H23ClN2. The van der Waals surface area contributed by atoms with Gasteiger partial charge in [0.1, 0.15) is 0 Å². The Bertz CT molecular complexity index is 357. The molecule has 2 nitrogen and oxygen atoms in total. The van der Waals surface area contributed by atoms with Crippen LogP contribution in [0.2, 0.25) is 5.02 Å². The molecule has 1 rings (SSSR count). The van der Waals surface area contributed by atoms with Crippen molar-refractivity contribution < 1.29 is 0 Å². The first kappa shape index (κ1) is 14.5. The zero-order valence-electron chi connectivity index (χ0n) is 11.2. The number of benzene rings is 1. The molecule has 0 heterocycles. The summed E-state index contributed by atoms with van der Waals surface area (Å²) in [5.41, 5.74) is 7.28. The molecule has 0 aromatic heterocycles. The minimum atomic E-state index is 0.183. The van der Waals surface area contributed by atoms with Gasteiger partial charge in [-0.2, -0.15) is 0 Å². The number of likely N-dealkylation sites (N-methyl/N-ethyl adjacent to an activating group) is 1. The fourth-order valence-electron chi connectivity index (χ4n) is 2.23. The first-order chi connectivity index (χ1) is 7.84. The van der Waals surface area contributed by atoms with Crippen molar-refractivity contribution in [3.8, 4) is 0 Å². The quantitative estimate of drug-likeness (QED) is 0.895. The van der Waals surface area contributed by atoms with E-state index < -0.39 is 0 Å². The lowest BCUT2D eigenvalue weighted by Gasteiger charge is -2.37. The van der Waals surface area contributed by atoms with Gasteiger partial charge in [0.05, 0.1) is 0 Å². The lowest BCUT2D eigenvalue weighted by Crippen LogP contribution is -2.46. The molecule has 0 amide bonds. The largest absolute Gasteiger partial charge is 0.329 e. The average Bonchev–Trinajstić information content (AvgIpc) is 2.15. The molecule has 96 valence electrons. The molecule has 1 atom stereocenters. The predicted molar refractivity (Wildman–Crippen MR) is 75.2 cm³/mol. The summed E-state index contributed by atoms with van der Waals surface area (Å²) in [5.74, 6) is 0. The van der Waals surface area contributed by atoms with Gasteiger partial charge in [-0.3, -0.25) is 4.90 Å². The van der Waals surface area contributed by atoms with Crippen LogP contribution in [0.15, 0.2) is 24.3 Å². The molecule has 0 aliphatic heterocycles. The standard InChI is InChI=1S/C14H23ClN2/c1-14(2,3)13(9-16)17(4)10-11-6-5-7-12(15)8-11/h5-8,13H,9-10,16H2,1-4H3. The van der Waals surface area contributed by atoms with E-state index in [4.69, 9.17) is 17.3 Å². The second-order valence-electron chi connectivity index (χ2n) is 5.66. The summed E-state index contributed by atoms with van der Waals surface area (Å²) < 4.78 is 0. The van der Waals surface area contributed by atoms with Crippen molar-refractivity contribution in [2.75, 3.05) is 13.6 Å². The van der Waals surface area contributed by atoms with E-state index in [0.717, 1.165) is 11.6 Å². The summed E-state index contributed by atoms with van der Waals surface area (Å²) in [4.78, 5) is 2.30. The van der Waals surface area contributed by atoms with Gasteiger partial charge in [-0.1, -0.05) is 44.5 Å². The van der Waals surface area contributed by atoms with E-state index in [1.165, 1.54) is 5.56 Å². The summed E-state index contributed by atoms with van der Waals surface area (Å²) in [6, 6.07) is 8.35. The Hall–Kier alpha value is -0.570. The van der Waals surface area contributed by atoms with Gasteiger partial charge in [-0.15, -0.1) is 0 Å². The van der Waals surface area contributed by atoms with Gasteiger partial charge in [0.25, 0.3) is 0 Å². The van der Waals surface area contributed by atoms with E-state index in [0.29, 0.717) is 12.6 Å².